The molecule has 2 aromatic rings. The Hall–Kier alpha value is -2.81. The van der Waals surface area contributed by atoms with Gasteiger partial charge in [0.2, 0.25) is 0 Å². The summed E-state index contributed by atoms with van der Waals surface area (Å²) in [6, 6.07) is 18.4. The van der Waals surface area contributed by atoms with Crippen LogP contribution < -0.4 is 0 Å². The van der Waals surface area contributed by atoms with Gasteiger partial charge in [-0.3, -0.25) is 0 Å². The molecule has 2 aromatic carbocycles. The van der Waals surface area contributed by atoms with E-state index in [2.05, 4.69) is 6.58 Å². The van der Waals surface area contributed by atoms with Crippen molar-refractivity contribution in [2.45, 2.75) is 13.0 Å². The van der Waals surface area contributed by atoms with Crippen LogP contribution in [0.4, 0.5) is 0 Å². The van der Waals surface area contributed by atoms with Crippen LogP contribution in [0.15, 0.2) is 85.2 Å². The highest BCUT2D eigenvalue weighted by atomic mass is 16.5. The highest BCUT2D eigenvalue weighted by molar-refractivity contribution is 5.89. The zero-order valence-electron chi connectivity index (χ0n) is 13.1. The fraction of sp³-hybridized carbons (Fsp3) is 0.150. The van der Waals surface area contributed by atoms with E-state index in [0.717, 1.165) is 5.56 Å². The summed E-state index contributed by atoms with van der Waals surface area (Å²) in [4.78, 5) is 12.3. The highest BCUT2D eigenvalue weighted by Gasteiger charge is 2.19. The van der Waals surface area contributed by atoms with Crippen LogP contribution in [0, 0.1) is 0 Å². The SMILES string of the molecule is C=C(/C=C\OCC)[C@@H](OC(=O)c1ccccc1)c1ccccc1. The summed E-state index contributed by atoms with van der Waals surface area (Å²) < 4.78 is 10.9. The van der Waals surface area contributed by atoms with E-state index in [1.54, 1.807) is 36.6 Å². The van der Waals surface area contributed by atoms with Gasteiger partial charge in [0.1, 0.15) is 0 Å². The smallest absolute Gasteiger partial charge is 0.339 e. The number of hydrogen-bond donors (Lipinski definition) is 0. The molecule has 0 heterocycles. The molecule has 3 heteroatoms. The van der Waals surface area contributed by atoms with Crippen LogP contribution in [-0.4, -0.2) is 12.6 Å². The zero-order chi connectivity index (χ0) is 16.5. The molecule has 0 spiro atoms. The van der Waals surface area contributed by atoms with E-state index in [-0.39, 0.29) is 5.97 Å². The van der Waals surface area contributed by atoms with E-state index in [1.165, 1.54) is 0 Å². The molecule has 0 aliphatic carbocycles. The van der Waals surface area contributed by atoms with Crippen LogP contribution in [0.5, 0.6) is 0 Å². The Morgan fingerprint density at radius 1 is 1.09 bits per heavy atom. The number of esters is 1. The molecule has 0 fully saturated rings. The molecule has 0 amide bonds. The second-order valence-corrected chi connectivity index (χ2v) is 4.90. The summed E-state index contributed by atoms with van der Waals surface area (Å²) in [5.41, 5.74) is 2.02. The van der Waals surface area contributed by atoms with E-state index in [9.17, 15) is 4.79 Å². The van der Waals surface area contributed by atoms with Crippen LogP contribution in [0.1, 0.15) is 28.9 Å². The van der Waals surface area contributed by atoms with Gasteiger partial charge in [0.05, 0.1) is 18.4 Å². The number of hydrogen-bond acceptors (Lipinski definition) is 3. The molecule has 0 aromatic heterocycles. The van der Waals surface area contributed by atoms with Crippen molar-refractivity contribution in [3.05, 3.63) is 96.3 Å². The fourth-order valence-corrected chi connectivity index (χ4v) is 2.05. The zero-order valence-corrected chi connectivity index (χ0v) is 13.1. The first kappa shape index (κ1) is 16.6. The Labute approximate surface area is 136 Å². The van der Waals surface area contributed by atoms with Gasteiger partial charge in [0.15, 0.2) is 6.10 Å². The van der Waals surface area contributed by atoms with Crippen LogP contribution in [0.25, 0.3) is 0 Å². The van der Waals surface area contributed by atoms with Crippen molar-refractivity contribution in [2.75, 3.05) is 6.61 Å². The van der Waals surface area contributed by atoms with Crippen molar-refractivity contribution >= 4 is 5.97 Å². The molecule has 0 radical (unpaired) electrons. The first-order valence-electron chi connectivity index (χ1n) is 7.50. The van der Waals surface area contributed by atoms with Crippen LogP contribution in [0.3, 0.4) is 0 Å². The summed E-state index contributed by atoms with van der Waals surface area (Å²) in [6.45, 7) is 6.48. The third kappa shape index (κ3) is 4.85. The second kappa shape index (κ2) is 8.59. The lowest BCUT2D eigenvalue weighted by Gasteiger charge is -2.19. The summed E-state index contributed by atoms with van der Waals surface area (Å²) in [5, 5.41) is 0. The molecular formula is C20H20O3. The lowest BCUT2D eigenvalue weighted by Crippen LogP contribution is -2.13. The number of ether oxygens (including phenoxy) is 2. The monoisotopic (exact) mass is 308 g/mol. The molecule has 23 heavy (non-hydrogen) atoms. The van der Waals surface area contributed by atoms with Crippen LogP contribution >= 0.6 is 0 Å². The Morgan fingerprint density at radius 2 is 1.70 bits per heavy atom. The van der Waals surface area contributed by atoms with Gasteiger partial charge in [-0.2, -0.15) is 0 Å². The lowest BCUT2D eigenvalue weighted by atomic mass is 10.0. The van der Waals surface area contributed by atoms with Crippen molar-refractivity contribution in [1.82, 2.24) is 0 Å². The van der Waals surface area contributed by atoms with Gasteiger partial charge < -0.3 is 9.47 Å². The second-order valence-electron chi connectivity index (χ2n) is 4.90. The molecule has 118 valence electrons. The van der Waals surface area contributed by atoms with Crippen LogP contribution in [-0.2, 0) is 9.47 Å². The molecule has 1 atom stereocenters. The third-order valence-electron chi connectivity index (χ3n) is 3.22. The molecule has 0 bridgehead atoms. The van der Waals surface area contributed by atoms with E-state index in [4.69, 9.17) is 9.47 Å². The topological polar surface area (TPSA) is 35.5 Å². The fourth-order valence-electron chi connectivity index (χ4n) is 2.05. The summed E-state index contributed by atoms with van der Waals surface area (Å²) in [6.07, 6.45) is 2.73. The summed E-state index contributed by atoms with van der Waals surface area (Å²) in [5.74, 6) is -0.384. The standard InChI is InChI=1S/C20H20O3/c1-3-22-15-14-16(2)19(17-10-6-4-7-11-17)23-20(21)18-12-8-5-9-13-18/h4-15,19H,2-3H2,1H3/b15-14-/t19-/m1/s1. The number of carbonyl (C=O) groups excluding carboxylic acids is 1. The van der Waals surface area contributed by atoms with Gasteiger partial charge in [0, 0.05) is 0 Å². The maximum atomic E-state index is 12.3. The van der Waals surface area contributed by atoms with Crippen LogP contribution in [0.2, 0.25) is 0 Å². The van der Waals surface area contributed by atoms with Crippen molar-refractivity contribution in [1.29, 1.82) is 0 Å². The largest absolute Gasteiger partial charge is 0.501 e. The maximum absolute atomic E-state index is 12.3. The normalized spacial score (nSPS) is 11.9. The molecule has 0 N–H and O–H groups in total. The van der Waals surface area contributed by atoms with Crippen molar-refractivity contribution in [3.63, 3.8) is 0 Å². The minimum atomic E-state index is -0.555. The van der Waals surface area contributed by atoms with E-state index in [0.29, 0.717) is 17.7 Å². The Balaban J connectivity index is 2.20. The molecule has 0 unspecified atom stereocenters. The summed E-state index contributed by atoms with van der Waals surface area (Å²) in [7, 11) is 0. The Bertz CT molecular complexity index is 660. The molecular weight excluding hydrogens is 288 g/mol. The molecule has 0 saturated carbocycles. The minimum Gasteiger partial charge on any atom is -0.501 e. The Morgan fingerprint density at radius 3 is 2.30 bits per heavy atom. The number of rotatable bonds is 7. The average molecular weight is 308 g/mol. The Kier molecular flexibility index (Phi) is 6.18. The first-order valence-corrected chi connectivity index (χ1v) is 7.50. The number of benzene rings is 2. The van der Waals surface area contributed by atoms with E-state index >= 15 is 0 Å². The third-order valence-corrected chi connectivity index (χ3v) is 3.22. The van der Waals surface area contributed by atoms with Gasteiger partial charge in [-0.05, 0) is 36.3 Å². The molecule has 0 aliphatic rings. The molecule has 0 saturated heterocycles. The summed E-state index contributed by atoms with van der Waals surface area (Å²) >= 11 is 0. The van der Waals surface area contributed by atoms with E-state index in [1.807, 2.05) is 43.3 Å². The molecule has 3 nitrogen and oxygen atoms in total. The van der Waals surface area contributed by atoms with Gasteiger partial charge in [0.25, 0.3) is 0 Å². The van der Waals surface area contributed by atoms with Gasteiger partial charge >= 0.3 is 5.97 Å². The lowest BCUT2D eigenvalue weighted by molar-refractivity contribution is 0.0377. The number of carbonyl (C=O) groups is 1. The maximum Gasteiger partial charge on any atom is 0.339 e. The minimum absolute atomic E-state index is 0.384. The van der Waals surface area contributed by atoms with Gasteiger partial charge in [-0.1, -0.05) is 55.1 Å². The van der Waals surface area contributed by atoms with Crippen molar-refractivity contribution in [3.8, 4) is 0 Å². The predicted octanol–water partition coefficient (Wildman–Crippen LogP) is 4.69. The van der Waals surface area contributed by atoms with Gasteiger partial charge in [-0.15, -0.1) is 0 Å². The highest BCUT2D eigenvalue weighted by Crippen LogP contribution is 2.26. The molecule has 0 aliphatic heterocycles. The van der Waals surface area contributed by atoms with E-state index < -0.39 is 6.10 Å². The quantitative estimate of drug-likeness (QED) is 0.423. The van der Waals surface area contributed by atoms with Crippen molar-refractivity contribution < 1.29 is 14.3 Å². The molecule has 2 rings (SSSR count). The average Bonchev–Trinajstić information content (AvgIpc) is 2.61. The first-order chi connectivity index (χ1) is 11.2. The predicted molar refractivity (Wildman–Crippen MR) is 90.9 cm³/mol. The van der Waals surface area contributed by atoms with Gasteiger partial charge in [-0.25, -0.2) is 4.79 Å². The van der Waals surface area contributed by atoms with Crippen molar-refractivity contribution in [2.24, 2.45) is 0 Å².